The van der Waals surface area contributed by atoms with Crippen molar-refractivity contribution >= 4 is 0 Å². The molecule has 0 amide bonds. The van der Waals surface area contributed by atoms with Crippen molar-refractivity contribution in [2.45, 2.75) is 43.6 Å². The predicted molar refractivity (Wildman–Crippen MR) is 81.5 cm³/mol. The van der Waals surface area contributed by atoms with Gasteiger partial charge in [0.2, 0.25) is 0 Å². The van der Waals surface area contributed by atoms with Crippen molar-refractivity contribution in [1.82, 2.24) is 4.90 Å². The largest absolute Gasteiger partial charge is 0.306 e. The van der Waals surface area contributed by atoms with Crippen LogP contribution in [0.25, 0.3) is 0 Å². The summed E-state index contributed by atoms with van der Waals surface area (Å²) in [5.41, 5.74) is 3.61. The second-order valence-corrected chi connectivity index (χ2v) is 7.40. The molecule has 1 aromatic carbocycles. The first-order valence-electron chi connectivity index (χ1n) is 8.23. The Morgan fingerprint density at radius 3 is 2.95 bits per heavy atom. The highest BCUT2D eigenvalue weighted by molar-refractivity contribution is 5.48. The van der Waals surface area contributed by atoms with E-state index in [-0.39, 0.29) is 5.41 Å². The highest BCUT2D eigenvalue weighted by Gasteiger charge is 2.65. The molecule has 6 rings (SSSR count). The van der Waals surface area contributed by atoms with Crippen LogP contribution in [0, 0.1) is 22.8 Å². The molecule has 2 fully saturated rings. The van der Waals surface area contributed by atoms with Crippen LogP contribution in [-0.4, -0.2) is 17.5 Å². The fourth-order valence-electron chi connectivity index (χ4n) is 6.08. The van der Waals surface area contributed by atoms with Gasteiger partial charge in [-0.25, -0.2) is 0 Å². The Kier molecular flexibility index (Phi) is 2.10. The Bertz CT molecular complexity index is 685. The van der Waals surface area contributed by atoms with Crippen LogP contribution in [0.5, 0.6) is 0 Å². The maximum Gasteiger partial charge on any atom is 0.179 e. The molecule has 2 nitrogen and oxygen atoms in total. The summed E-state index contributed by atoms with van der Waals surface area (Å²) in [7, 11) is 0. The SMILES string of the molecule is N#CN1CC[C@]23CC4C=C[C@]2(CC4)[C@H]1Cc1ccccc13. The monoisotopic (exact) mass is 276 g/mol. The summed E-state index contributed by atoms with van der Waals surface area (Å²) in [4.78, 5) is 2.09. The Morgan fingerprint density at radius 2 is 2.14 bits per heavy atom. The lowest BCUT2D eigenvalue weighted by atomic mass is 9.40. The van der Waals surface area contributed by atoms with Gasteiger partial charge < -0.3 is 4.90 Å². The van der Waals surface area contributed by atoms with E-state index in [0.717, 1.165) is 25.3 Å². The molecular weight excluding hydrogens is 256 g/mol. The average molecular weight is 276 g/mol. The number of piperidine rings is 1. The zero-order valence-corrected chi connectivity index (χ0v) is 12.3. The van der Waals surface area contributed by atoms with Crippen molar-refractivity contribution in [2.75, 3.05) is 6.54 Å². The van der Waals surface area contributed by atoms with Gasteiger partial charge in [-0.05, 0) is 49.1 Å². The molecule has 1 saturated carbocycles. The Hall–Kier alpha value is -1.75. The maximum absolute atomic E-state index is 9.61. The van der Waals surface area contributed by atoms with E-state index in [4.69, 9.17) is 0 Å². The Labute approximate surface area is 126 Å². The van der Waals surface area contributed by atoms with E-state index in [2.05, 4.69) is 47.5 Å². The molecule has 106 valence electrons. The molecular formula is C19H20N2. The molecule has 0 N–H and O–H groups in total. The highest BCUT2D eigenvalue weighted by atomic mass is 15.2. The van der Waals surface area contributed by atoms with Crippen LogP contribution in [0.1, 0.15) is 36.8 Å². The smallest absolute Gasteiger partial charge is 0.179 e. The minimum atomic E-state index is 0.212. The van der Waals surface area contributed by atoms with E-state index in [1.54, 1.807) is 5.56 Å². The third-order valence-electron chi connectivity index (χ3n) is 6.92. The summed E-state index contributed by atoms with van der Waals surface area (Å²) in [6, 6.07) is 9.43. The molecule has 1 heterocycles. The zero-order chi connectivity index (χ0) is 14.1. The molecule has 1 saturated heterocycles. The van der Waals surface area contributed by atoms with E-state index in [1.807, 2.05) is 0 Å². The number of hydrogen-bond donors (Lipinski definition) is 0. The van der Waals surface area contributed by atoms with E-state index >= 15 is 0 Å². The fraction of sp³-hybridized carbons (Fsp3) is 0.526. The van der Waals surface area contributed by atoms with E-state index in [9.17, 15) is 5.26 Å². The van der Waals surface area contributed by atoms with Crippen LogP contribution in [0.3, 0.4) is 0 Å². The van der Waals surface area contributed by atoms with Gasteiger partial charge in [0.1, 0.15) is 0 Å². The molecule has 1 aliphatic heterocycles. The number of fused-ring (bicyclic) bond motifs is 2. The van der Waals surface area contributed by atoms with E-state index in [1.165, 1.54) is 24.8 Å². The first-order chi connectivity index (χ1) is 10.3. The van der Waals surface area contributed by atoms with Crippen molar-refractivity contribution in [2.24, 2.45) is 11.3 Å². The second-order valence-electron chi connectivity index (χ2n) is 7.40. The van der Waals surface area contributed by atoms with E-state index in [0.29, 0.717) is 11.5 Å². The van der Waals surface area contributed by atoms with E-state index < -0.39 is 0 Å². The maximum atomic E-state index is 9.61. The summed E-state index contributed by atoms with van der Waals surface area (Å²) in [5, 5.41) is 9.61. The topological polar surface area (TPSA) is 27.0 Å². The van der Waals surface area contributed by atoms with Gasteiger partial charge in [0.25, 0.3) is 0 Å². The minimum Gasteiger partial charge on any atom is -0.306 e. The molecule has 5 aliphatic rings. The van der Waals surface area contributed by atoms with Crippen molar-refractivity contribution < 1.29 is 0 Å². The summed E-state index contributed by atoms with van der Waals surface area (Å²) in [6.07, 6.45) is 13.6. The molecule has 1 spiro atoms. The van der Waals surface area contributed by atoms with Crippen molar-refractivity contribution in [3.63, 3.8) is 0 Å². The standard InChI is InChI=1S/C19H20N2/c20-13-21-10-9-19-12-14-5-7-18(19,8-6-14)17(21)11-15-3-1-2-4-16(15)19/h1-5,7,14,17H,6,8-12H2/t14?,17-,18+,19-/m1/s1. The fourth-order valence-corrected chi connectivity index (χ4v) is 6.08. The van der Waals surface area contributed by atoms with Crippen molar-refractivity contribution in [3.8, 4) is 6.19 Å². The first-order valence-corrected chi connectivity index (χ1v) is 8.23. The van der Waals surface area contributed by atoms with Gasteiger partial charge in [-0.3, -0.25) is 0 Å². The molecule has 4 aliphatic carbocycles. The number of nitriles is 1. The number of benzene rings is 1. The number of allylic oxidation sites excluding steroid dienone is 1. The van der Waals surface area contributed by atoms with Crippen LogP contribution >= 0.6 is 0 Å². The number of hydrogen-bond acceptors (Lipinski definition) is 2. The number of rotatable bonds is 0. The number of nitrogens with zero attached hydrogens (tertiary/aromatic N) is 2. The molecule has 4 bridgehead atoms. The summed E-state index contributed by atoms with van der Waals surface area (Å²) >= 11 is 0. The Morgan fingerprint density at radius 1 is 1.24 bits per heavy atom. The Balaban J connectivity index is 1.81. The lowest BCUT2D eigenvalue weighted by molar-refractivity contribution is -0.0597. The van der Waals surface area contributed by atoms with Gasteiger partial charge in [0.15, 0.2) is 6.19 Å². The predicted octanol–water partition coefficient (Wildman–Crippen LogP) is 3.39. The van der Waals surface area contributed by atoms with Crippen LogP contribution in [0.4, 0.5) is 0 Å². The lowest BCUT2D eigenvalue weighted by Crippen LogP contribution is -2.68. The summed E-state index contributed by atoms with van der Waals surface area (Å²) in [5.74, 6) is 0.757. The average Bonchev–Trinajstić information content (AvgIpc) is 2.55. The van der Waals surface area contributed by atoms with Crippen molar-refractivity contribution in [1.29, 1.82) is 5.26 Å². The quantitative estimate of drug-likeness (QED) is 0.536. The van der Waals surface area contributed by atoms with Crippen molar-refractivity contribution in [3.05, 3.63) is 47.5 Å². The second kappa shape index (κ2) is 3.71. The van der Waals surface area contributed by atoms with Crippen LogP contribution in [0.15, 0.2) is 36.4 Å². The molecule has 1 aromatic rings. The van der Waals surface area contributed by atoms with Crippen LogP contribution in [0.2, 0.25) is 0 Å². The van der Waals surface area contributed by atoms with Crippen LogP contribution in [-0.2, 0) is 11.8 Å². The number of likely N-dealkylation sites (tertiary alicyclic amines) is 1. The lowest BCUT2D eigenvalue weighted by Gasteiger charge is -2.67. The highest BCUT2D eigenvalue weighted by Crippen LogP contribution is 2.66. The minimum absolute atomic E-state index is 0.212. The molecule has 0 radical (unpaired) electrons. The summed E-state index contributed by atoms with van der Waals surface area (Å²) < 4.78 is 0. The third-order valence-corrected chi connectivity index (χ3v) is 6.92. The molecule has 2 heteroatoms. The normalized spacial score (nSPS) is 42.1. The first kappa shape index (κ1) is 11.9. The molecule has 1 unspecified atom stereocenters. The third kappa shape index (κ3) is 1.20. The van der Waals surface area contributed by atoms with Gasteiger partial charge in [0, 0.05) is 17.4 Å². The zero-order valence-electron chi connectivity index (χ0n) is 12.3. The van der Waals surface area contributed by atoms with Gasteiger partial charge in [-0.1, -0.05) is 36.4 Å². The van der Waals surface area contributed by atoms with Gasteiger partial charge in [0.05, 0.1) is 6.04 Å². The summed E-state index contributed by atoms with van der Waals surface area (Å²) in [6.45, 7) is 0.942. The molecule has 4 atom stereocenters. The van der Waals surface area contributed by atoms with Gasteiger partial charge >= 0.3 is 0 Å². The van der Waals surface area contributed by atoms with Gasteiger partial charge in [-0.15, -0.1) is 0 Å². The molecule has 21 heavy (non-hydrogen) atoms. The van der Waals surface area contributed by atoms with Gasteiger partial charge in [-0.2, -0.15) is 5.26 Å². The molecule has 0 aromatic heterocycles. The van der Waals surface area contributed by atoms with Crippen LogP contribution < -0.4 is 0 Å².